The number of nitrogens with one attached hydrogen (secondary N) is 1. The van der Waals surface area contributed by atoms with Gasteiger partial charge in [0.25, 0.3) is 5.91 Å². The summed E-state index contributed by atoms with van der Waals surface area (Å²) >= 11 is 6.00. The van der Waals surface area contributed by atoms with Crippen molar-refractivity contribution >= 4 is 29.3 Å². The van der Waals surface area contributed by atoms with E-state index in [0.717, 1.165) is 11.3 Å². The van der Waals surface area contributed by atoms with Gasteiger partial charge in [0.1, 0.15) is 18.2 Å². The molecule has 0 unspecified atom stereocenters. The lowest BCUT2D eigenvalue weighted by Crippen LogP contribution is -2.36. The Kier molecular flexibility index (Phi) is 5.70. The monoisotopic (exact) mass is 391 g/mol. The molecule has 1 aromatic heterocycles. The highest BCUT2D eigenvalue weighted by atomic mass is 35.5. The Labute approximate surface area is 162 Å². The van der Waals surface area contributed by atoms with Gasteiger partial charge in [-0.2, -0.15) is 5.10 Å². The smallest absolute Gasteiger partial charge is 0.313 e. The highest BCUT2D eigenvalue weighted by Crippen LogP contribution is 2.30. The summed E-state index contributed by atoms with van der Waals surface area (Å²) in [4.78, 5) is 24.8. The second-order valence-corrected chi connectivity index (χ2v) is 7.22. The Hall–Kier alpha value is -2.54. The van der Waals surface area contributed by atoms with Gasteiger partial charge in [0.2, 0.25) is 0 Å². The number of benzene rings is 1. The number of rotatable bonds is 5. The molecule has 0 aliphatic carbocycles. The molecule has 7 nitrogen and oxygen atoms in total. The summed E-state index contributed by atoms with van der Waals surface area (Å²) < 4.78 is 12.6. The second-order valence-electron chi connectivity index (χ2n) is 6.79. The Morgan fingerprint density at radius 3 is 2.85 bits per heavy atom. The molecule has 0 saturated heterocycles. The molecule has 0 saturated carbocycles. The molecule has 0 fully saturated rings. The molecule has 1 aliphatic heterocycles. The van der Waals surface area contributed by atoms with E-state index >= 15 is 0 Å². The number of nitrogens with zero attached hydrogens (tertiary/aromatic N) is 2. The minimum absolute atomic E-state index is 0.0967. The van der Waals surface area contributed by atoms with E-state index in [1.807, 2.05) is 13.8 Å². The zero-order chi connectivity index (χ0) is 19.6. The number of amides is 1. The fraction of sp³-hybridized carbons (Fsp3) is 0.421. The predicted octanol–water partition coefficient (Wildman–Crippen LogP) is 3.24. The van der Waals surface area contributed by atoms with Gasteiger partial charge in [-0.1, -0.05) is 11.6 Å². The van der Waals surface area contributed by atoms with Crippen molar-refractivity contribution in [1.82, 2.24) is 9.78 Å². The van der Waals surface area contributed by atoms with Gasteiger partial charge in [-0.25, -0.2) is 4.68 Å². The molecule has 144 valence electrons. The van der Waals surface area contributed by atoms with E-state index < -0.39 is 23.9 Å². The Morgan fingerprint density at radius 2 is 2.11 bits per heavy atom. The number of carbonyl (C=O) groups is 2. The molecular formula is C19H22ClN3O4. The van der Waals surface area contributed by atoms with Gasteiger partial charge in [-0.05, 0) is 51.0 Å². The molecule has 2 atom stereocenters. The van der Waals surface area contributed by atoms with Gasteiger partial charge in [0.15, 0.2) is 6.10 Å². The first-order chi connectivity index (χ1) is 12.8. The van der Waals surface area contributed by atoms with E-state index in [-0.39, 0.29) is 12.6 Å². The molecule has 0 bridgehead atoms. The van der Waals surface area contributed by atoms with Crippen LogP contribution in [0.2, 0.25) is 5.02 Å². The van der Waals surface area contributed by atoms with Crippen LogP contribution < -0.4 is 10.1 Å². The highest BCUT2D eigenvalue weighted by molar-refractivity contribution is 6.30. The molecule has 0 radical (unpaired) electrons. The fourth-order valence-electron chi connectivity index (χ4n) is 2.89. The summed E-state index contributed by atoms with van der Waals surface area (Å²) in [5, 5.41) is 7.48. The maximum Gasteiger partial charge on any atom is 0.313 e. The Bertz CT molecular complexity index is 849. The number of fused-ring (bicyclic) bond motifs is 1. The third-order valence-corrected chi connectivity index (χ3v) is 4.57. The first kappa shape index (κ1) is 19.2. The average Bonchev–Trinajstić information content (AvgIpc) is 3.09. The molecule has 1 amide bonds. The molecular weight excluding hydrogens is 370 g/mol. The van der Waals surface area contributed by atoms with Crippen molar-refractivity contribution in [2.24, 2.45) is 5.92 Å². The van der Waals surface area contributed by atoms with Crippen molar-refractivity contribution in [3.05, 3.63) is 41.0 Å². The maximum absolute atomic E-state index is 12.5. The zero-order valence-corrected chi connectivity index (χ0v) is 16.2. The summed E-state index contributed by atoms with van der Waals surface area (Å²) in [6.45, 7) is 5.66. The van der Waals surface area contributed by atoms with Crippen LogP contribution in [-0.4, -0.2) is 34.4 Å². The van der Waals surface area contributed by atoms with Crippen LogP contribution in [0.25, 0.3) is 0 Å². The highest BCUT2D eigenvalue weighted by Gasteiger charge is 2.30. The molecule has 2 aromatic rings. The first-order valence-corrected chi connectivity index (χ1v) is 9.19. The van der Waals surface area contributed by atoms with Gasteiger partial charge in [0.05, 0.1) is 12.1 Å². The van der Waals surface area contributed by atoms with E-state index in [1.165, 1.54) is 6.92 Å². The fourth-order valence-corrected chi connectivity index (χ4v) is 3.09. The average molecular weight is 392 g/mol. The third kappa shape index (κ3) is 4.42. The molecule has 0 spiro atoms. The van der Waals surface area contributed by atoms with E-state index in [0.29, 0.717) is 17.3 Å². The topological polar surface area (TPSA) is 82.5 Å². The summed E-state index contributed by atoms with van der Waals surface area (Å²) in [6.07, 6.45) is 1.13. The number of aromatic nitrogens is 2. The lowest BCUT2D eigenvalue weighted by molar-refractivity contribution is -0.158. The molecule has 2 heterocycles. The van der Waals surface area contributed by atoms with Gasteiger partial charge in [0, 0.05) is 17.1 Å². The number of anilines is 1. The maximum atomic E-state index is 12.5. The van der Waals surface area contributed by atoms with Gasteiger partial charge >= 0.3 is 5.97 Å². The number of hydrogen-bond acceptors (Lipinski definition) is 5. The minimum atomic E-state index is -0.936. The van der Waals surface area contributed by atoms with E-state index in [2.05, 4.69) is 10.4 Å². The van der Waals surface area contributed by atoms with Crippen molar-refractivity contribution in [3.8, 4) is 5.75 Å². The normalized spacial score (nSPS) is 17.0. The first-order valence-electron chi connectivity index (χ1n) is 8.81. The van der Waals surface area contributed by atoms with Crippen LogP contribution in [0.1, 0.15) is 32.4 Å². The summed E-state index contributed by atoms with van der Waals surface area (Å²) in [5.41, 5.74) is 0.855. The number of esters is 1. The molecule has 27 heavy (non-hydrogen) atoms. The largest absolute Gasteiger partial charge is 0.492 e. The predicted molar refractivity (Wildman–Crippen MR) is 101 cm³/mol. The van der Waals surface area contributed by atoms with Crippen LogP contribution in [0.5, 0.6) is 5.75 Å². The van der Waals surface area contributed by atoms with Crippen LogP contribution >= 0.6 is 11.6 Å². The number of ether oxygens (including phenoxy) is 2. The lowest BCUT2D eigenvalue weighted by atomic mass is 9.97. The van der Waals surface area contributed by atoms with Crippen molar-refractivity contribution in [2.75, 3.05) is 11.9 Å². The van der Waals surface area contributed by atoms with E-state index in [9.17, 15) is 9.59 Å². The molecule has 1 aliphatic rings. The van der Waals surface area contributed by atoms with Crippen molar-refractivity contribution in [2.45, 2.75) is 39.3 Å². The van der Waals surface area contributed by atoms with E-state index in [1.54, 1.807) is 35.1 Å². The van der Waals surface area contributed by atoms with Crippen LogP contribution in [0.3, 0.4) is 0 Å². The van der Waals surface area contributed by atoms with Crippen molar-refractivity contribution < 1.29 is 19.1 Å². The quantitative estimate of drug-likeness (QED) is 0.791. The summed E-state index contributed by atoms with van der Waals surface area (Å²) in [7, 11) is 0. The van der Waals surface area contributed by atoms with Crippen LogP contribution in [0.4, 0.5) is 5.82 Å². The zero-order valence-electron chi connectivity index (χ0n) is 15.4. The molecule has 3 rings (SSSR count). The van der Waals surface area contributed by atoms with Gasteiger partial charge in [-0.3, -0.25) is 9.59 Å². The van der Waals surface area contributed by atoms with Crippen LogP contribution in [-0.2, 0) is 20.7 Å². The molecule has 1 aromatic carbocycles. The standard InChI is InChI=1S/C19H22ClN3O4/c1-11(2)23-17(6-7-21-23)22-18(24)12(3)27-19(25)14-8-13-9-15(20)4-5-16(13)26-10-14/h4-7,9,11-12,14H,8,10H2,1-3H3,(H,22,24)/t12-,14-/m0/s1. The number of hydrogen-bond donors (Lipinski definition) is 1. The SMILES string of the molecule is CC(C)n1nccc1NC(=O)[C@H](C)OC(=O)[C@@H]1COc2ccc(Cl)cc2C1. The number of carbonyl (C=O) groups excluding carboxylic acids is 2. The van der Waals surface area contributed by atoms with Crippen molar-refractivity contribution in [3.63, 3.8) is 0 Å². The lowest BCUT2D eigenvalue weighted by Gasteiger charge is -2.25. The molecule has 8 heteroatoms. The van der Waals surface area contributed by atoms with E-state index in [4.69, 9.17) is 21.1 Å². The minimum Gasteiger partial charge on any atom is -0.492 e. The Balaban J connectivity index is 1.59. The van der Waals surface area contributed by atoms with Crippen LogP contribution in [0, 0.1) is 5.92 Å². The second kappa shape index (κ2) is 8.00. The van der Waals surface area contributed by atoms with Crippen molar-refractivity contribution in [1.29, 1.82) is 0 Å². The van der Waals surface area contributed by atoms with Gasteiger partial charge < -0.3 is 14.8 Å². The summed E-state index contributed by atoms with van der Waals surface area (Å²) in [5.74, 6) is -0.0855. The van der Waals surface area contributed by atoms with Crippen LogP contribution in [0.15, 0.2) is 30.5 Å². The van der Waals surface area contributed by atoms with Gasteiger partial charge in [-0.15, -0.1) is 0 Å². The molecule has 1 N–H and O–H groups in total. The summed E-state index contributed by atoms with van der Waals surface area (Å²) in [6, 6.07) is 7.10. The third-order valence-electron chi connectivity index (χ3n) is 4.34. The number of halogens is 1. The Morgan fingerprint density at radius 1 is 1.33 bits per heavy atom.